The first-order valence-electron chi connectivity index (χ1n) is 10.1. The lowest BCUT2D eigenvalue weighted by atomic mass is 9.99. The summed E-state index contributed by atoms with van der Waals surface area (Å²) in [6.07, 6.45) is 0.662. The van der Waals surface area contributed by atoms with Crippen LogP contribution >= 0.6 is 11.6 Å². The fourth-order valence-electron chi connectivity index (χ4n) is 4.30. The Kier molecular flexibility index (Phi) is 5.97. The molecule has 9 nitrogen and oxygen atoms in total. The highest BCUT2D eigenvalue weighted by Gasteiger charge is 2.51. The predicted octanol–water partition coefficient (Wildman–Crippen LogP) is 3.21. The largest absolute Gasteiger partial charge is 0.358 e. The summed E-state index contributed by atoms with van der Waals surface area (Å²) < 4.78 is 33.8. The Balaban J connectivity index is 1.50. The molecule has 2 saturated heterocycles. The first-order valence-corrected chi connectivity index (χ1v) is 11.9. The lowest BCUT2D eigenvalue weighted by Gasteiger charge is -2.42. The molecule has 0 aliphatic carbocycles. The molecule has 0 radical (unpaired) electrons. The van der Waals surface area contributed by atoms with Gasteiger partial charge in [-0.2, -0.15) is 4.31 Å². The summed E-state index contributed by atoms with van der Waals surface area (Å²) in [5.41, 5.74) is -0.266. The quantitative estimate of drug-likeness (QED) is 0.492. The van der Waals surface area contributed by atoms with Crippen LogP contribution in [0.5, 0.6) is 0 Å². The van der Waals surface area contributed by atoms with Gasteiger partial charge in [0.2, 0.25) is 10.0 Å². The SMILES string of the molecule is Cc1cc(C(=O)N2CCC3(CC2)OCCN3S(=O)(=O)c2ccc(Cl)cc2)ccc1[N+](=O)[O-]. The van der Waals surface area contributed by atoms with E-state index in [4.69, 9.17) is 16.3 Å². The number of rotatable bonds is 4. The number of likely N-dealkylation sites (tertiary alicyclic amines) is 1. The summed E-state index contributed by atoms with van der Waals surface area (Å²) in [5.74, 6) is -0.247. The molecule has 1 spiro atoms. The number of ether oxygens (including phenoxy) is 1. The number of aryl methyl sites for hydroxylation is 1. The molecule has 0 atom stereocenters. The van der Waals surface area contributed by atoms with E-state index in [9.17, 15) is 23.3 Å². The number of halogens is 1. The Bertz CT molecular complexity index is 1160. The van der Waals surface area contributed by atoms with E-state index in [1.165, 1.54) is 46.8 Å². The van der Waals surface area contributed by atoms with Crippen LogP contribution in [0.2, 0.25) is 5.02 Å². The van der Waals surface area contributed by atoms with Crippen LogP contribution < -0.4 is 0 Å². The van der Waals surface area contributed by atoms with E-state index in [1.807, 2.05) is 0 Å². The number of amides is 1. The molecule has 4 rings (SSSR count). The minimum Gasteiger partial charge on any atom is -0.358 e. The Morgan fingerprint density at radius 2 is 1.78 bits per heavy atom. The number of carbonyl (C=O) groups excluding carboxylic acids is 1. The molecule has 2 aromatic rings. The number of hydrogen-bond donors (Lipinski definition) is 0. The van der Waals surface area contributed by atoms with Gasteiger partial charge in [0, 0.05) is 54.7 Å². The molecule has 2 aromatic carbocycles. The number of nitro benzene ring substituents is 1. The lowest BCUT2D eigenvalue weighted by molar-refractivity contribution is -0.385. The topological polar surface area (TPSA) is 110 Å². The zero-order chi connectivity index (χ0) is 23.1. The first-order chi connectivity index (χ1) is 15.1. The van der Waals surface area contributed by atoms with Crippen molar-refractivity contribution in [1.82, 2.24) is 9.21 Å². The molecule has 0 aromatic heterocycles. The molecule has 2 heterocycles. The maximum Gasteiger partial charge on any atom is 0.272 e. The van der Waals surface area contributed by atoms with Crippen LogP contribution in [0.15, 0.2) is 47.4 Å². The third-order valence-corrected chi connectivity index (χ3v) is 8.21. The Morgan fingerprint density at radius 3 is 2.38 bits per heavy atom. The van der Waals surface area contributed by atoms with Crippen molar-refractivity contribution in [2.75, 3.05) is 26.2 Å². The second-order valence-electron chi connectivity index (χ2n) is 7.88. The van der Waals surface area contributed by atoms with Crippen molar-refractivity contribution in [1.29, 1.82) is 0 Å². The van der Waals surface area contributed by atoms with Crippen molar-refractivity contribution < 1.29 is 22.9 Å². The van der Waals surface area contributed by atoms with Crippen LogP contribution in [-0.2, 0) is 14.8 Å². The Hall–Kier alpha value is -2.53. The van der Waals surface area contributed by atoms with Crippen molar-refractivity contribution in [3.63, 3.8) is 0 Å². The van der Waals surface area contributed by atoms with Crippen LogP contribution in [-0.4, -0.2) is 60.4 Å². The second-order valence-corrected chi connectivity index (χ2v) is 10.2. The summed E-state index contributed by atoms with van der Waals surface area (Å²) in [7, 11) is -3.79. The van der Waals surface area contributed by atoms with Gasteiger partial charge in [-0.15, -0.1) is 0 Å². The summed E-state index contributed by atoms with van der Waals surface area (Å²) in [6.45, 7) is 2.72. The monoisotopic (exact) mass is 479 g/mol. The van der Waals surface area contributed by atoms with Crippen LogP contribution in [0.3, 0.4) is 0 Å². The highest BCUT2D eigenvalue weighted by atomic mass is 35.5. The number of hydrogen-bond acceptors (Lipinski definition) is 6. The molecule has 0 unspecified atom stereocenters. The van der Waals surface area contributed by atoms with E-state index < -0.39 is 20.7 Å². The summed E-state index contributed by atoms with van der Waals surface area (Å²) in [4.78, 5) is 25.2. The van der Waals surface area contributed by atoms with Gasteiger partial charge in [0.15, 0.2) is 0 Å². The van der Waals surface area contributed by atoms with E-state index in [1.54, 1.807) is 11.8 Å². The molecule has 11 heteroatoms. The van der Waals surface area contributed by atoms with E-state index in [2.05, 4.69) is 0 Å². The van der Waals surface area contributed by atoms with Gasteiger partial charge < -0.3 is 9.64 Å². The number of sulfonamides is 1. The number of piperidine rings is 1. The highest BCUT2D eigenvalue weighted by Crippen LogP contribution is 2.38. The second kappa shape index (κ2) is 8.43. The molecule has 32 heavy (non-hydrogen) atoms. The first kappa shape index (κ1) is 22.7. The van der Waals surface area contributed by atoms with E-state index in [0.717, 1.165) is 0 Å². The standard InChI is InChI=1S/C21H22ClN3O6S/c1-15-14-16(2-7-19(15)25(27)28)20(26)23-10-8-21(9-11-23)24(12-13-31-21)32(29,30)18-5-3-17(22)4-6-18/h2-7,14H,8-13H2,1H3. The number of carbonyl (C=O) groups is 1. The summed E-state index contributed by atoms with van der Waals surface area (Å²) >= 11 is 5.89. The maximum atomic E-state index is 13.2. The van der Waals surface area contributed by atoms with Gasteiger partial charge >= 0.3 is 0 Å². The Morgan fingerprint density at radius 1 is 1.12 bits per heavy atom. The molecule has 2 aliphatic heterocycles. The van der Waals surface area contributed by atoms with Gasteiger partial charge in [-0.1, -0.05) is 11.6 Å². The van der Waals surface area contributed by atoms with E-state index in [0.29, 0.717) is 42.1 Å². The van der Waals surface area contributed by atoms with Crippen LogP contribution in [0.25, 0.3) is 0 Å². The minimum absolute atomic E-state index is 0.0402. The Labute approximate surface area is 190 Å². The van der Waals surface area contributed by atoms with Gasteiger partial charge in [0.25, 0.3) is 11.6 Å². The third-order valence-electron chi connectivity index (χ3n) is 5.99. The summed E-state index contributed by atoms with van der Waals surface area (Å²) in [5, 5.41) is 11.5. The fraction of sp³-hybridized carbons (Fsp3) is 0.381. The number of nitro groups is 1. The van der Waals surface area contributed by atoms with Gasteiger partial charge in [-0.25, -0.2) is 8.42 Å². The zero-order valence-electron chi connectivity index (χ0n) is 17.4. The number of benzene rings is 2. The van der Waals surface area contributed by atoms with E-state index in [-0.39, 0.29) is 29.6 Å². The van der Waals surface area contributed by atoms with Crippen LogP contribution in [0.4, 0.5) is 5.69 Å². The average molecular weight is 480 g/mol. The van der Waals surface area contributed by atoms with Gasteiger partial charge in [-0.05, 0) is 43.3 Å². The van der Waals surface area contributed by atoms with Crippen molar-refractivity contribution in [2.24, 2.45) is 0 Å². The molecular weight excluding hydrogens is 458 g/mol. The highest BCUT2D eigenvalue weighted by molar-refractivity contribution is 7.89. The predicted molar refractivity (Wildman–Crippen MR) is 117 cm³/mol. The molecule has 0 bridgehead atoms. The van der Waals surface area contributed by atoms with Gasteiger partial charge in [0.1, 0.15) is 5.72 Å². The van der Waals surface area contributed by atoms with Crippen molar-refractivity contribution in [2.45, 2.75) is 30.4 Å². The third kappa shape index (κ3) is 3.99. The molecule has 170 valence electrons. The fourth-order valence-corrected chi connectivity index (χ4v) is 6.14. The van der Waals surface area contributed by atoms with Crippen molar-refractivity contribution in [3.8, 4) is 0 Å². The molecule has 2 aliphatic rings. The smallest absolute Gasteiger partial charge is 0.272 e. The zero-order valence-corrected chi connectivity index (χ0v) is 18.9. The van der Waals surface area contributed by atoms with Gasteiger partial charge in [0.05, 0.1) is 16.4 Å². The molecule has 0 saturated carbocycles. The summed E-state index contributed by atoms with van der Waals surface area (Å²) in [6, 6.07) is 10.3. The molecular formula is C21H22ClN3O6S. The van der Waals surface area contributed by atoms with Crippen molar-refractivity contribution >= 4 is 33.2 Å². The van der Waals surface area contributed by atoms with Gasteiger partial charge in [-0.3, -0.25) is 14.9 Å². The van der Waals surface area contributed by atoms with Crippen molar-refractivity contribution in [3.05, 3.63) is 68.7 Å². The molecule has 0 N–H and O–H groups in total. The molecule has 1 amide bonds. The van der Waals surface area contributed by atoms with Crippen LogP contribution in [0.1, 0.15) is 28.8 Å². The normalized spacial score (nSPS) is 18.8. The molecule has 2 fully saturated rings. The van der Waals surface area contributed by atoms with Crippen LogP contribution in [0, 0.1) is 17.0 Å². The van der Waals surface area contributed by atoms with E-state index >= 15 is 0 Å². The minimum atomic E-state index is -3.79. The maximum absolute atomic E-state index is 13.2. The lowest BCUT2D eigenvalue weighted by Crippen LogP contribution is -2.55. The number of nitrogens with zero attached hydrogens (tertiary/aromatic N) is 3. The average Bonchev–Trinajstić information content (AvgIpc) is 3.17.